The number of anilines is 1. The van der Waals surface area contributed by atoms with Crippen molar-refractivity contribution >= 4 is 11.8 Å². The van der Waals surface area contributed by atoms with Crippen LogP contribution in [0.4, 0.5) is 10.6 Å². The molecule has 0 bridgehead atoms. The van der Waals surface area contributed by atoms with E-state index in [1.54, 1.807) is 0 Å². The minimum Gasteiger partial charge on any atom is -0.376 e. The van der Waals surface area contributed by atoms with Gasteiger partial charge in [0, 0.05) is 39.0 Å². The molecule has 22 heavy (non-hydrogen) atoms. The summed E-state index contributed by atoms with van der Waals surface area (Å²) in [4.78, 5) is 18.4. The van der Waals surface area contributed by atoms with E-state index >= 15 is 0 Å². The molecule has 0 aliphatic carbocycles. The maximum atomic E-state index is 11.7. The highest BCUT2D eigenvalue weighted by atomic mass is 16.5. The number of nitrogens with zero attached hydrogens (tertiary/aromatic N) is 2. The van der Waals surface area contributed by atoms with Crippen LogP contribution in [0.15, 0.2) is 18.3 Å². The molecule has 0 saturated carbocycles. The van der Waals surface area contributed by atoms with Crippen molar-refractivity contribution in [3.05, 3.63) is 23.9 Å². The Labute approximate surface area is 132 Å². The first-order chi connectivity index (χ1) is 10.7. The second kappa shape index (κ2) is 8.58. The summed E-state index contributed by atoms with van der Waals surface area (Å²) in [5.74, 6) is 0.969. The molecule has 0 aromatic carbocycles. The van der Waals surface area contributed by atoms with Crippen LogP contribution in [0.1, 0.15) is 32.3 Å². The van der Waals surface area contributed by atoms with Crippen LogP contribution in [0.3, 0.4) is 0 Å². The predicted octanol–water partition coefficient (Wildman–Crippen LogP) is 1.91. The molecule has 2 N–H and O–H groups in total. The Morgan fingerprint density at radius 1 is 1.36 bits per heavy atom. The fourth-order valence-electron chi connectivity index (χ4n) is 2.51. The molecule has 122 valence electrons. The Bertz CT molecular complexity index is 454. The molecular weight excluding hydrogens is 280 g/mol. The number of urea groups is 1. The number of pyridine rings is 1. The summed E-state index contributed by atoms with van der Waals surface area (Å²) in [6.07, 6.45) is 4.09. The topological polar surface area (TPSA) is 66.5 Å². The molecule has 1 atom stereocenters. The summed E-state index contributed by atoms with van der Waals surface area (Å²) in [5.41, 5.74) is 0.989. The highest BCUT2D eigenvalue weighted by Crippen LogP contribution is 2.11. The standard InChI is InChI=1S/C16H26N4O2/c1-3-20(4-2)15-8-7-13(10-17-15)11-18-16(21)19-12-14-6-5-9-22-14/h7-8,10,14H,3-6,9,11-12H2,1-2H3,(H2,18,19,21)/t14-/m0/s1. The van der Waals surface area contributed by atoms with Crippen molar-refractivity contribution in [2.45, 2.75) is 39.3 Å². The third kappa shape index (κ3) is 4.87. The van der Waals surface area contributed by atoms with Gasteiger partial charge in [0.1, 0.15) is 5.82 Å². The van der Waals surface area contributed by atoms with E-state index in [0.717, 1.165) is 43.9 Å². The zero-order valence-electron chi connectivity index (χ0n) is 13.5. The van der Waals surface area contributed by atoms with Gasteiger partial charge in [0.15, 0.2) is 0 Å². The fourth-order valence-corrected chi connectivity index (χ4v) is 2.51. The first kappa shape index (κ1) is 16.5. The van der Waals surface area contributed by atoms with Crippen LogP contribution < -0.4 is 15.5 Å². The summed E-state index contributed by atoms with van der Waals surface area (Å²) in [6.45, 7) is 7.95. The molecule has 1 fully saturated rings. The third-order valence-corrected chi connectivity index (χ3v) is 3.86. The molecule has 0 unspecified atom stereocenters. The number of amides is 2. The number of ether oxygens (including phenoxy) is 1. The summed E-state index contributed by atoms with van der Waals surface area (Å²) in [7, 11) is 0. The predicted molar refractivity (Wildman–Crippen MR) is 87.0 cm³/mol. The van der Waals surface area contributed by atoms with Gasteiger partial charge in [0.2, 0.25) is 0 Å². The zero-order chi connectivity index (χ0) is 15.8. The lowest BCUT2D eigenvalue weighted by Gasteiger charge is -2.19. The van der Waals surface area contributed by atoms with Gasteiger partial charge in [-0.1, -0.05) is 6.07 Å². The van der Waals surface area contributed by atoms with Gasteiger partial charge in [-0.05, 0) is 38.3 Å². The smallest absolute Gasteiger partial charge is 0.315 e. The van der Waals surface area contributed by atoms with Gasteiger partial charge in [0.25, 0.3) is 0 Å². The first-order valence-corrected chi connectivity index (χ1v) is 8.06. The summed E-state index contributed by atoms with van der Waals surface area (Å²) in [6, 6.07) is 3.83. The fraction of sp³-hybridized carbons (Fsp3) is 0.625. The van der Waals surface area contributed by atoms with Gasteiger partial charge >= 0.3 is 6.03 Å². The number of carbonyl (C=O) groups excluding carboxylic acids is 1. The molecule has 0 radical (unpaired) electrons. The van der Waals surface area contributed by atoms with E-state index in [9.17, 15) is 4.79 Å². The first-order valence-electron chi connectivity index (χ1n) is 8.06. The molecule has 1 aliphatic heterocycles. The number of aromatic nitrogens is 1. The van der Waals surface area contributed by atoms with Crippen molar-refractivity contribution in [2.75, 3.05) is 31.1 Å². The number of nitrogens with one attached hydrogen (secondary N) is 2. The van der Waals surface area contributed by atoms with E-state index in [0.29, 0.717) is 13.1 Å². The Morgan fingerprint density at radius 3 is 2.77 bits per heavy atom. The van der Waals surface area contributed by atoms with Gasteiger partial charge < -0.3 is 20.3 Å². The number of rotatable bonds is 7. The number of hydrogen-bond acceptors (Lipinski definition) is 4. The van der Waals surface area contributed by atoms with Crippen LogP contribution in [-0.2, 0) is 11.3 Å². The highest BCUT2D eigenvalue weighted by molar-refractivity contribution is 5.73. The molecule has 0 spiro atoms. The molecule has 6 heteroatoms. The van der Waals surface area contributed by atoms with Crippen molar-refractivity contribution in [3.8, 4) is 0 Å². The van der Waals surface area contributed by atoms with Gasteiger partial charge in [-0.25, -0.2) is 9.78 Å². The van der Waals surface area contributed by atoms with E-state index in [1.165, 1.54) is 0 Å². The van der Waals surface area contributed by atoms with Crippen LogP contribution in [0, 0.1) is 0 Å². The average Bonchev–Trinajstić information content (AvgIpc) is 3.07. The van der Waals surface area contributed by atoms with E-state index < -0.39 is 0 Å². The van der Waals surface area contributed by atoms with Gasteiger partial charge in [0.05, 0.1) is 6.10 Å². The molecule has 6 nitrogen and oxygen atoms in total. The lowest BCUT2D eigenvalue weighted by Crippen LogP contribution is -2.39. The second-order valence-electron chi connectivity index (χ2n) is 5.40. The lowest BCUT2D eigenvalue weighted by molar-refractivity contribution is 0.111. The van der Waals surface area contributed by atoms with Gasteiger partial charge in [-0.2, -0.15) is 0 Å². The van der Waals surface area contributed by atoms with Crippen LogP contribution in [0.5, 0.6) is 0 Å². The maximum Gasteiger partial charge on any atom is 0.315 e. The molecule has 2 heterocycles. The molecule has 1 aromatic heterocycles. The summed E-state index contributed by atoms with van der Waals surface area (Å²) in [5, 5.41) is 5.68. The van der Waals surface area contributed by atoms with Crippen molar-refractivity contribution < 1.29 is 9.53 Å². The quantitative estimate of drug-likeness (QED) is 0.807. The number of carbonyl (C=O) groups is 1. The minimum absolute atomic E-state index is 0.164. The third-order valence-electron chi connectivity index (χ3n) is 3.86. The molecule has 1 aliphatic rings. The van der Waals surface area contributed by atoms with E-state index in [4.69, 9.17) is 4.74 Å². The molecule has 2 amide bonds. The Balaban J connectivity index is 1.72. The largest absolute Gasteiger partial charge is 0.376 e. The molecule has 1 aromatic rings. The van der Waals surface area contributed by atoms with Crippen LogP contribution in [0.25, 0.3) is 0 Å². The molecule has 2 rings (SSSR count). The monoisotopic (exact) mass is 306 g/mol. The average molecular weight is 306 g/mol. The minimum atomic E-state index is -0.164. The van der Waals surface area contributed by atoms with Crippen molar-refractivity contribution in [1.82, 2.24) is 15.6 Å². The maximum absolute atomic E-state index is 11.7. The van der Waals surface area contributed by atoms with Crippen LogP contribution >= 0.6 is 0 Å². The number of hydrogen-bond donors (Lipinski definition) is 2. The second-order valence-corrected chi connectivity index (χ2v) is 5.40. The molecule has 1 saturated heterocycles. The van der Waals surface area contributed by atoms with Gasteiger partial charge in [-0.15, -0.1) is 0 Å². The van der Waals surface area contributed by atoms with Crippen molar-refractivity contribution in [3.63, 3.8) is 0 Å². The zero-order valence-corrected chi connectivity index (χ0v) is 13.5. The van der Waals surface area contributed by atoms with Crippen LogP contribution in [0.2, 0.25) is 0 Å². The van der Waals surface area contributed by atoms with Gasteiger partial charge in [-0.3, -0.25) is 0 Å². The highest BCUT2D eigenvalue weighted by Gasteiger charge is 2.15. The van der Waals surface area contributed by atoms with Crippen LogP contribution in [-0.4, -0.2) is 43.4 Å². The molecular formula is C16H26N4O2. The SMILES string of the molecule is CCN(CC)c1ccc(CNC(=O)NC[C@@H]2CCCO2)cn1. The van der Waals surface area contributed by atoms with Crippen molar-refractivity contribution in [1.29, 1.82) is 0 Å². The summed E-state index contributed by atoms with van der Waals surface area (Å²) >= 11 is 0. The lowest BCUT2D eigenvalue weighted by atomic mass is 10.2. The van der Waals surface area contributed by atoms with E-state index in [1.807, 2.05) is 18.3 Å². The Morgan fingerprint density at radius 2 is 2.18 bits per heavy atom. The van der Waals surface area contributed by atoms with E-state index in [-0.39, 0.29) is 12.1 Å². The van der Waals surface area contributed by atoms with E-state index in [2.05, 4.69) is 34.4 Å². The summed E-state index contributed by atoms with van der Waals surface area (Å²) < 4.78 is 5.47. The normalized spacial score (nSPS) is 17.3. The Kier molecular flexibility index (Phi) is 6.45. The Hall–Kier alpha value is -1.82. The van der Waals surface area contributed by atoms with Crippen molar-refractivity contribution in [2.24, 2.45) is 0 Å².